The van der Waals surface area contributed by atoms with Gasteiger partial charge < -0.3 is 9.67 Å². The van der Waals surface area contributed by atoms with Crippen LogP contribution in [0, 0.1) is 0 Å². The van der Waals surface area contributed by atoms with Crippen molar-refractivity contribution in [1.29, 1.82) is 0 Å². The Morgan fingerprint density at radius 2 is 2.24 bits per heavy atom. The fourth-order valence-corrected chi connectivity index (χ4v) is 1.87. The van der Waals surface area contributed by atoms with Crippen molar-refractivity contribution in [1.82, 2.24) is 9.55 Å². The number of fused-ring (bicyclic) bond motifs is 1. The summed E-state index contributed by atoms with van der Waals surface area (Å²) < 4.78 is 2.01. The zero-order chi connectivity index (χ0) is 12.3. The molecule has 1 aromatic carbocycles. The van der Waals surface area contributed by atoms with E-state index in [1.807, 2.05) is 28.8 Å². The Balaban J connectivity index is 2.41. The lowest BCUT2D eigenvalue weighted by atomic mass is 10.3. The molecule has 0 fully saturated rings. The van der Waals surface area contributed by atoms with Crippen LogP contribution in [0.2, 0.25) is 0 Å². The lowest BCUT2D eigenvalue weighted by molar-refractivity contribution is -0.137. The summed E-state index contributed by atoms with van der Waals surface area (Å²) in [7, 11) is 0. The molecule has 2 rings (SSSR count). The first-order chi connectivity index (χ1) is 8.22. The molecular formula is C13H14N2O2. The molecule has 17 heavy (non-hydrogen) atoms. The molecule has 0 aliphatic carbocycles. The third-order valence-corrected chi connectivity index (χ3v) is 2.61. The molecular weight excluding hydrogens is 216 g/mol. The summed E-state index contributed by atoms with van der Waals surface area (Å²) >= 11 is 0. The zero-order valence-corrected chi connectivity index (χ0v) is 9.47. The van der Waals surface area contributed by atoms with Crippen LogP contribution in [0.5, 0.6) is 0 Å². The van der Waals surface area contributed by atoms with Crippen LogP contribution in [0.15, 0.2) is 36.9 Å². The smallest absolute Gasteiger partial charge is 0.303 e. The summed E-state index contributed by atoms with van der Waals surface area (Å²) in [4.78, 5) is 15.1. The van der Waals surface area contributed by atoms with Gasteiger partial charge in [0.2, 0.25) is 0 Å². The highest BCUT2D eigenvalue weighted by atomic mass is 16.4. The predicted octanol–water partition coefficient (Wildman–Crippen LogP) is 2.24. The second-order valence-electron chi connectivity index (χ2n) is 3.81. The third-order valence-electron chi connectivity index (χ3n) is 2.61. The number of allylic oxidation sites excluding steroid dienone is 1. The monoisotopic (exact) mass is 230 g/mol. The average Bonchev–Trinajstić information content (AvgIpc) is 2.66. The minimum atomic E-state index is -0.804. The predicted molar refractivity (Wildman–Crippen MR) is 65.9 cm³/mol. The first kappa shape index (κ1) is 11.4. The fourth-order valence-electron chi connectivity index (χ4n) is 1.87. The molecule has 0 amide bonds. The van der Waals surface area contributed by atoms with E-state index in [0.29, 0.717) is 13.0 Å². The number of hydrogen-bond donors (Lipinski definition) is 1. The second-order valence-corrected chi connectivity index (χ2v) is 3.81. The van der Waals surface area contributed by atoms with Gasteiger partial charge >= 0.3 is 5.97 Å². The molecule has 0 unspecified atom stereocenters. The molecule has 1 heterocycles. The van der Waals surface area contributed by atoms with Crippen molar-refractivity contribution in [2.75, 3.05) is 0 Å². The topological polar surface area (TPSA) is 55.1 Å². The van der Waals surface area contributed by atoms with E-state index in [1.54, 1.807) is 6.08 Å². The minimum absolute atomic E-state index is 0.0977. The Morgan fingerprint density at radius 3 is 2.94 bits per heavy atom. The normalized spacial score (nSPS) is 10.6. The molecule has 2 aromatic rings. The van der Waals surface area contributed by atoms with Gasteiger partial charge in [0.1, 0.15) is 5.82 Å². The number of rotatable bonds is 5. The van der Waals surface area contributed by atoms with Gasteiger partial charge in [0.25, 0.3) is 0 Å². The van der Waals surface area contributed by atoms with Gasteiger partial charge in [-0.25, -0.2) is 4.98 Å². The SMILES string of the molecule is C=CCn1c(CCC(=O)O)nc2ccccc21. The van der Waals surface area contributed by atoms with E-state index in [0.717, 1.165) is 16.9 Å². The van der Waals surface area contributed by atoms with Crippen molar-refractivity contribution >= 4 is 17.0 Å². The van der Waals surface area contributed by atoms with Crippen molar-refractivity contribution in [3.63, 3.8) is 0 Å². The van der Waals surface area contributed by atoms with Crippen molar-refractivity contribution in [3.05, 3.63) is 42.7 Å². The largest absolute Gasteiger partial charge is 0.481 e. The Morgan fingerprint density at radius 1 is 1.47 bits per heavy atom. The summed E-state index contributed by atoms with van der Waals surface area (Å²) in [5, 5.41) is 8.71. The molecule has 0 radical (unpaired) electrons. The van der Waals surface area contributed by atoms with Gasteiger partial charge in [-0.15, -0.1) is 6.58 Å². The van der Waals surface area contributed by atoms with Gasteiger partial charge in [-0.05, 0) is 12.1 Å². The summed E-state index contributed by atoms with van der Waals surface area (Å²) in [6, 6.07) is 7.79. The highest BCUT2D eigenvalue weighted by Gasteiger charge is 2.10. The van der Waals surface area contributed by atoms with Gasteiger partial charge in [0, 0.05) is 13.0 Å². The molecule has 88 valence electrons. The number of nitrogens with zero attached hydrogens (tertiary/aromatic N) is 2. The van der Waals surface area contributed by atoms with Gasteiger partial charge in [0.15, 0.2) is 0 Å². The molecule has 4 nitrogen and oxygen atoms in total. The quantitative estimate of drug-likeness (QED) is 0.801. The molecule has 0 aliphatic heterocycles. The second kappa shape index (κ2) is 4.82. The highest BCUT2D eigenvalue weighted by molar-refractivity contribution is 5.76. The standard InChI is InChI=1S/C13H14N2O2/c1-2-9-15-11-6-4-3-5-10(11)14-12(15)7-8-13(16)17/h2-6H,1,7-9H2,(H,16,17). The van der Waals surface area contributed by atoms with Crippen LogP contribution >= 0.6 is 0 Å². The van der Waals surface area contributed by atoms with Crippen LogP contribution in [0.1, 0.15) is 12.2 Å². The molecule has 0 saturated carbocycles. The number of hydrogen-bond acceptors (Lipinski definition) is 2. The van der Waals surface area contributed by atoms with Crippen molar-refractivity contribution in [2.24, 2.45) is 0 Å². The number of carboxylic acid groups (broad SMARTS) is 1. The van der Waals surface area contributed by atoms with E-state index >= 15 is 0 Å². The molecule has 1 N–H and O–H groups in total. The summed E-state index contributed by atoms with van der Waals surface area (Å²) in [6.45, 7) is 4.36. The molecule has 0 atom stereocenters. The zero-order valence-electron chi connectivity index (χ0n) is 9.47. The lowest BCUT2D eigenvalue weighted by Crippen LogP contribution is -2.05. The van der Waals surface area contributed by atoms with Gasteiger partial charge in [-0.3, -0.25) is 4.79 Å². The van der Waals surface area contributed by atoms with E-state index < -0.39 is 5.97 Å². The van der Waals surface area contributed by atoms with Gasteiger partial charge in [0.05, 0.1) is 17.5 Å². The van der Waals surface area contributed by atoms with E-state index in [2.05, 4.69) is 11.6 Å². The Labute approximate surface area is 99.2 Å². The average molecular weight is 230 g/mol. The first-order valence-corrected chi connectivity index (χ1v) is 5.49. The van der Waals surface area contributed by atoms with Crippen LogP contribution in [-0.2, 0) is 17.8 Å². The molecule has 0 spiro atoms. The van der Waals surface area contributed by atoms with Crippen LogP contribution in [0.4, 0.5) is 0 Å². The maximum atomic E-state index is 10.6. The number of carbonyl (C=O) groups is 1. The molecule has 4 heteroatoms. The highest BCUT2D eigenvalue weighted by Crippen LogP contribution is 2.17. The maximum absolute atomic E-state index is 10.6. The number of aromatic nitrogens is 2. The Hall–Kier alpha value is -2.10. The Bertz CT molecular complexity index is 558. The summed E-state index contributed by atoms with van der Waals surface area (Å²) in [6.07, 6.45) is 2.33. The van der Waals surface area contributed by atoms with Crippen molar-refractivity contribution in [3.8, 4) is 0 Å². The van der Waals surface area contributed by atoms with Crippen LogP contribution in [0.25, 0.3) is 11.0 Å². The molecule has 0 bridgehead atoms. The summed E-state index contributed by atoms with van der Waals surface area (Å²) in [5.41, 5.74) is 1.92. The van der Waals surface area contributed by atoms with Gasteiger partial charge in [-0.2, -0.15) is 0 Å². The fraction of sp³-hybridized carbons (Fsp3) is 0.231. The number of para-hydroxylation sites is 2. The lowest BCUT2D eigenvalue weighted by Gasteiger charge is -2.04. The summed E-state index contributed by atoms with van der Waals surface area (Å²) in [5.74, 6) is -0.00397. The van der Waals surface area contributed by atoms with Crippen LogP contribution < -0.4 is 0 Å². The number of aryl methyl sites for hydroxylation is 1. The van der Waals surface area contributed by atoms with Gasteiger partial charge in [-0.1, -0.05) is 18.2 Å². The molecule has 1 aromatic heterocycles. The number of carboxylic acids is 1. The number of imidazole rings is 1. The minimum Gasteiger partial charge on any atom is -0.481 e. The van der Waals surface area contributed by atoms with E-state index in [9.17, 15) is 4.79 Å². The van der Waals surface area contributed by atoms with Crippen molar-refractivity contribution < 1.29 is 9.90 Å². The van der Waals surface area contributed by atoms with Crippen LogP contribution in [0.3, 0.4) is 0 Å². The number of aliphatic carboxylic acids is 1. The van der Waals surface area contributed by atoms with E-state index in [-0.39, 0.29) is 6.42 Å². The van der Waals surface area contributed by atoms with E-state index in [1.165, 1.54) is 0 Å². The molecule has 0 aliphatic rings. The maximum Gasteiger partial charge on any atom is 0.303 e. The number of benzene rings is 1. The van der Waals surface area contributed by atoms with Crippen molar-refractivity contribution in [2.45, 2.75) is 19.4 Å². The first-order valence-electron chi connectivity index (χ1n) is 5.49. The van der Waals surface area contributed by atoms with Crippen LogP contribution in [-0.4, -0.2) is 20.6 Å². The third kappa shape index (κ3) is 2.36. The Kier molecular flexibility index (Phi) is 3.23. The molecule has 0 saturated heterocycles. The van der Waals surface area contributed by atoms with E-state index in [4.69, 9.17) is 5.11 Å².